The predicted molar refractivity (Wildman–Crippen MR) is 467 cm³/mol. The van der Waals surface area contributed by atoms with Crippen molar-refractivity contribution in [3.63, 3.8) is 0 Å². The minimum atomic E-state index is -0.181. The minimum absolute atomic E-state index is 0. The fraction of sp³-hybridized carbons (Fsp3) is 0.354. The summed E-state index contributed by atoms with van der Waals surface area (Å²) >= 11 is 20.8. The molecule has 1 aliphatic rings. The number of nitriles is 2. The first-order valence-corrected chi connectivity index (χ1v) is 40.9. The zero-order chi connectivity index (χ0) is 84.7. The zero-order valence-corrected chi connectivity index (χ0v) is 89.3. The van der Waals surface area contributed by atoms with Crippen molar-refractivity contribution in [2.24, 2.45) is 10.8 Å². The first-order valence-electron chi connectivity index (χ1n) is 38.7. The molecule has 39 heteroatoms. The van der Waals surface area contributed by atoms with E-state index in [0.717, 1.165) is 171 Å². The Morgan fingerprint density at radius 2 is 1.02 bits per heavy atom. The van der Waals surface area contributed by atoms with E-state index >= 15 is 0 Å². The molecule has 0 amide bonds. The molecule has 620 valence electrons. The van der Waals surface area contributed by atoms with Crippen molar-refractivity contribution in [3.05, 3.63) is 209 Å². The second kappa shape index (κ2) is 56.5. The average molecular weight is 2050 g/mol. The van der Waals surface area contributed by atoms with E-state index < -0.39 is 0 Å². The minimum Gasteiger partial charge on any atom is -1.00 e. The molecule has 0 radical (unpaired) electrons. The van der Waals surface area contributed by atoms with Gasteiger partial charge >= 0.3 is 138 Å². The molecule has 1 aliphatic carbocycles. The number of nitrogens with two attached hydrogens (primary N) is 2. The third kappa shape index (κ3) is 32.3. The molecule has 4 aromatic carbocycles. The van der Waals surface area contributed by atoms with E-state index in [4.69, 9.17) is 72.4 Å². The van der Waals surface area contributed by atoms with Crippen molar-refractivity contribution >= 4 is 126 Å². The molecular weight excluding hydrogens is 1960 g/mol. The fourth-order valence-corrected chi connectivity index (χ4v) is 13.6. The van der Waals surface area contributed by atoms with E-state index in [1.165, 1.54) is 61.6 Å². The number of hydrogen-bond donors (Lipinski definition) is 7. The van der Waals surface area contributed by atoms with E-state index in [1.54, 1.807) is 0 Å². The van der Waals surface area contributed by atoms with Crippen LogP contribution < -0.4 is 170 Å². The molecule has 14 rings (SSSR count). The first-order chi connectivity index (χ1) is 57.3. The Morgan fingerprint density at radius 1 is 0.595 bits per heavy atom. The number of aromatic nitrogens is 19. The standard InChI is InChI=1S/C20H22ClN5.C20H23N11.C20H25N9.C9H8BrN.C7H4Cl2N2.C5H13N.CH2O3.2Cs.Zn.H/c1-3-4-5-9-23-19-18-17(24-20(21)25-19)8-10-26(18)13-16-7-6-15(12-22)11-14(16)2;1-3-4-5-9-22-19-17-16(23-20(24-19)27-28-21)8-10-31(17)12-15-7-6-14(11-13(15)2)18-25-29-30-26-18;1-3-4-5-9-22-19-17-16(23-20(21)24-19)8-10-29(17)12-15-7-6-14(11-13(15)2)18-25-27-28-26-18;1-7-4-8(6-11)2-3-9(7)5-10;8-6-4-2-1-3-5(4)10-7(9)11-6;1-2-3-4-5-6;2-1-4-3;;;;/h6-8,10-11H,3-5,9,13H2,1-2H3,(H,23,24,25);6-8,10-11H,3-5,9,12H2,1-2H3,(H,22,23,24)(H,25,26,29,30);6-8,10-11H,3-5,9,12H2,1-2H3,(H3,21,22,23,24)(H,25,26,27,28);2-4H,5H2,1H3;1,3H,2H2;2-6H2,1H3;1,3H;;;;/q;;;;;;;2*+1;;-1/p-1. The van der Waals surface area contributed by atoms with Gasteiger partial charge < -0.3 is 52.7 Å². The van der Waals surface area contributed by atoms with Crippen LogP contribution in [0.25, 0.3) is 72.4 Å². The zero-order valence-electron chi connectivity index (χ0n) is 70.9. The SMILES string of the molecule is CCCCCN.CCCCCNc1nc(Cl)nc2ccn(Cc3ccc(C#N)cc3C)c12.CCCCCNc1nc(N)nc2ccn(Cc3ccc(-c4nn[nH]n4)cc3C)c12.CCCCCNc1nc(N=[N+]=[N-])nc2ccn(Cc3ccc(-c4nn[nH]n4)cc3C)c12.Cc1cc(C#N)ccc1CBr.Clc1nc(Cl)c2c(n1)C=CC2.O=CO[O-].[Cs+].[Cs+].[H-].[Zn]. The number of alkyl halides is 1. The van der Waals surface area contributed by atoms with Gasteiger partial charge in [-0.15, -0.1) is 20.4 Å². The summed E-state index contributed by atoms with van der Waals surface area (Å²) in [5, 5.41) is 70.0. The Hall–Kier alpha value is -7.34. The van der Waals surface area contributed by atoms with Gasteiger partial charge in [-0.1, -0.05) is 149 Å². The summed E-state index contributed by atoms with van der Waals surface area (Å²) in [6.07, 6.45) is 24.7. The van der Waals surface area contributed by atoms with Crippen molar-refractivity contribution in [1.82, 2.24) is 94.8 Å². The molecule has 9 N–H and O–H groups in total. The third-order valence-corrected chi connectivity index (χ3v) is 19.8. The smallest absolute Gasteiger partial charge is 1.00 e. The van der Waals surface area contributed by atoms with Crippen molar-refractivity contribution in [2.75, 3.05) is 47.9 Å². The maximum Gasteiger partial charge on any atom is 1.00 e. The van der Waals surface area contributed by atoms with Crippen molar-refractivity contribution in [1.29, 1.82) is 10.5 Å². The number of nitrogens with zero attached hydrogens (tertiary/aromatic N) is 22. The van der Waals surface area contributed by atoms with Gasteiger partial charge in [-0.2, -0.15) is 30.9 Å². The Kier molecular flexibility index (Phi) is 48.7. The van der Waals surface area contributed by atoms with Gasteiger partial charge in [-0.05, 0) is 216 Å². The number of azide groups is 1. The third-order valence-electron chi connectivity index (χ3n) is 18.6. The number of aryl methyl sites for hydroxylation is 4. The second-order valence-corrected chi connectivity index (χ2v) is 28.7. The van der Waals surface area contributed by atoms with Crippen LogP contribution in [0.2, 0.25) is 15.7 Å². The van der Waals surface area contributed by atoms with Gasteiger partial charge in [0.1, 0.15) is 21.7 Å². The molecule has 121 heavy (non-hydrogen) atoms. The van der Waals surface area contributed by atoms with Gasteiger partial charge in [0.05, 0.1) is 45.5 Å². The van der Waals surface area contributed by atoms with Gasteiger partial charge in [0.15, 0.2) is 17.5 Å². The second-order valence-electron chi connectivity index (χ2n) is 27.1. The summed E-state index contributed by atoms with van der Waals surface area (Å²) in [7, 11) is 0. The van der Waals surface area contributed by atoms with Crippen LogP contribution >= 0.6 is 50.7 Å². The molecule has 0 atom stereocenters. The molecule has 0 saturated carbocycles. The maximum atomic E-state index is 9.04. The number of fused-ring (bicyclic) bond motifs is 4. The molecule has 9 aromatic heterocycles. The number of aromatic amines is 2. The van der Waals surface area contributed by atoms with E-state index in [1.807, 2.05) is 117 Å². The normalized spacial score (nSPS) is 10.5. The number of benzene rings is 4. The van der Waals surface area contributed by atoms with Crippen LogP contribution in [0.15, 0.2) is 121 Å². The predicted octanol–water partition coefficient (Wildman–Crippen LogP) is 11.4. The Bertz CT molecular complexity index is 5570. The molecule has 0 saturated heterocycles. The summed E-state index contributed by atoms with van der Waals surface area (Å²) in [4.78, 5) is 48.3. The average Bonchev–Trinajstić information content (AvgIpc) is 1.63. The van der Waals surface area contributed by atoms with Gasteiger partial charge in [0.2, 0.25) is 34.1 Å². The van der Waals surface area contributed by atoms with Gasteiger partial charge in [0, 0.05) is 104 Å². The van der Waals surface area contributed by atoms with Crippen LogP contribution in [-0.4, -0.2) is 127 Å². The number of H-pyrrole nitrogens is 2. The molecule has 32 nitrogen and oxygen atoms in total. The molecule has 0 spiro atoms. The van der Waals surface area contributed by atoms with E-state index in [9.17, 15) is 0 Å². The number of nitrogen functional groups attached to an aromatic ring is 1. The van der Waals surface area contributed by atoms with Crippen LogP contribution in [0, 0.1) is 50.4 Å². The van der Waals surface area contributed by atoms with Crippen molar-refractivity contribution in [2.45, 2.75) is 164 Å². The van der Waals surface area contributed by atoms with Crippen LogP contribution in [0.4, 0.5) is 29.4 Å². The van der Waals surface area contributed by atoms with Crippen LogP contribution in [0.1, 0.15) is 173 Å². The number of hydrogen-bond acceptors (Lipinski definition) is 25. The number of carbonyl (C=O) groups excluding carboxylic acids is 1. The first kappa shape index (κ1) is 104. The number of carbonyl (C=O) groups is 1. The Labute approximate surface area is 858 Å². The number of allylic oxidation sites excluding steroid dienone is 1. The number of anilines is 4. The van der Waals surface area contributed by atoms with Crippen molar-refractivity contribution < 1.29 is 174 Å². The quantitative estimate of drug-likeness (QED) is 0.00196. The summed E-state index contributed by atoms with van der Waals surface area (Å²) in [6.45, 7) is 22.1. The summed E-state index contributed by atoms with van der Waals surface area (Å²) in [5.74, 6) is 3.80. The molecule has 0 fully saturated rings. The molecule has 0 bridgehead atoms. The molecule has 0 unspecified atom stereocenters. The van der Waals surface area contributed by atoms with Crippen LogP contribution in [-0.2, 0) is 60.5 Å². The van der Waals surface area contributed by atoms with E-state index in [0.29, 0.717) is 47.8 Å². The van der Waals surface area contributed by atoms with E-state index in [-0.39, 0.29) is 188 Å². The Morgan fingerprint density at radius 3 is 1.42 bits per heavy atom. The molecule has 13 aromatic rings. The molecule has 9 heterocycles. The van der Waals surface area contributed by atoms with Crippen LogP contribution in [0.5, 0.6) is 0 Å². The monoisotopic (exact) mass is 2050 g/mol. The van der Waals surface area contributed by atoms with Crippen molar-refractivity contribution in [3.8, 4) is 34.9 Å². The topological polar surface area (TPSA) is 461 Å². The largest absolute Gasteiger partial charge is 1.00 e. The van der Waals surface area contributed by atoms with Gasteiger partial charge in [-0.3, -0.25) is 4.79 Å². The van der Waals surface area contributed by atoms with E-state index in [2.05, 4.69) is 213 Å². The number of rotatable bonds is 29. The molecular formula is C82H97BrCl3Cs2N29O3Zn. The summed E-state index contributed by atoms with van der Waals surface area (Å²) in [5.41, 5.74) is 39.5. The number of halogens is 4. The Balaban J connectivity index is 0.000000321. The summed E-state index contributed by atoms with van der Waals surface area (Å²) < 4.78 is 6.39. The summed E-state index contributed by atoms with van der Waals surface area (Å²) in [6, 6.07) is 33.9. The van der Waals surface area contributed by atoms with Gasteiger partial charge in [-0.25, -0.2) is 29.9 Å². The van der Waals surface area contributed by atoms with Crippen LogP contribution in [0.3, 0.4) is 0 Å². The maximum absolute atomic E-state index is 9.04. The fourth-order valence-electron chi connectivity index (χ4n) is 12.3. The number of unbranched alkanes of at least 4 members (excludes halogenated alkanes) is 8. The number of tetrazole rings is 2. The van der Waals surface area contributed by atoms with Gasteiger partial charge in [0.25, 0.3) is 6.47 Å². The number of nitrogens with one attached hydrogen (secondary N) is 5. The molecule has 0 aliphatic heterocycles.